The van der Waals surface area contributed by atoms with E-state index in [9.17, 15) is 0 Å². The third-order valence-corrected chi connectivity index (χ3v) is 2.26. The Hall–Kier alpha value is 0.310. The summed E-state index contributed by atoms with van der Waals surface area (Å²) in [6.45, 7) is 6.79. The molecule has 0 aromatic carbocycles. The molecule has 10 heavy (non-hydrogen) atoms. The van der Waals surface area contributed by atoms with Crippen molar-refractivity contribution >= 4 is 11.8 Å². The molecule has 2 heteroatoms. The van der Waals surface area contributed by atoms with Gasteiger partial charge >= 0.3 is 0 Å². The normalized spacial score (nSPS) is 10.2. The highest BCUT2D eigenvalue weighted by Gasteiger charge is 1.85. The van der Waals surface area contributed by atoms with Crippen molar-refractivity contribution in [3.05, 3.63) is 0 Å². The molecule has 0 aliphatic heterocycles. The molecule has 0 atom stereocenters. The van der Waals surface area contributed by atoms with Crippen LogP contribution in [0.25, 0.3) is 0 Å². The number of hydrogen-bond donors (Lipinski definition) is 1. The zero-order chi connectivity index (χ0) is 7.66. The Morgan fingerprint density at radius 3 is 2.60 bits per heavy atom. The van der Waals surface area contributed by atoms with Gasteiger partial charge in [-0.15, -0.1) is 0 Å². The average Bonchev–Trinajstić information content (AvgIpc) is 1.97. The van der Waals surface area contributed by atoms with E-state index in [0.29, 0.717) is 0 Å². The average molecular weight is 161 g/mol. The van der Waals surface area contributed by atoms with Gasteiger partial charge in [-0.1, -0.05) is 13.8 Å². The summed E-state index contributed by atoms with van der Waals surface area (Å²) in [5, 5.41) is 3.38. The topological polar surface area (TPSA) is 12.0 Å². The zero-order valence-electron chi connectivity index (χ0n) is 7.15. The van der Waals surface area contributed by atoms with Gasteiger partial charge in [-0.2, -0.15) is 11.8 Å². The molecule has 0 aromatic rings. The molecule has 0 spiro atoms. The van der Waals surface area contributed by atoms with Gasteiger partial charge in [0.25, 0.3) is 0 Å². The van der Waals surface area contributed by atoms with E-state index in [1.807, 2.05) is 11.8 Å². The first-order chi connectivity index (χ1) is 4.91. The minimum atomic E-state index is 1.18. The summed E-state index contributed by atoms with van der Waals surface area (Å²) in [6.07, 6.45) is 2.57. The van der Waals surface area contributed by atoms with Gasteiger partial charge < -0.3 is 5.32 Å². The second-order valence-electron chi connectivity index (χ2n) is 2.30. The number of rotatable bonds is 7. The zero-order valence-corrected chi connectivity index (χ0v) is 7.97. The Morgan fingerprint density at radius 1 is 1.20 bits per heavy atom. The van der Waals surface area contributed by atoms with Crippen LogP contribution in [-0.4, -0.2) is 24.6 Å². The maximum atomic E-state index is 3.38. The fourth-order valence-electron chi connectivity index (χ4n) is 0.745. The Morgan fingerprint density at radius 2 is 2.00 bits per heavy atom. The minimum absolute atomic E-state index is 1.18. The fraction of sp³-hybridized carbons (Fsp3) is 1.00. The van der Waals surface area contributed by atoms with E-state index in [1.54, 1.807) is 0 Å². The van der Waals surface area contributed by atoms with Crippen LogP contribution in [0.15, 0.2) is 0 Å². The summed E-state index contributed by atoms with van der Waals surface area (Å²) in [5.74, 6) is 2.57. The predicted octanol–water partition coefficient (Wildman–Crippen LogP) is 2.13. The molecule has 0 saturated heterocycles. The predicted molar refractivity (Wildman–Crippen MR) is 50.8 cm³/mol. The molecule has 0 rings (SSSR count). The van der Waals surface area contributed by atoms with Crippen molar-refractivity contribution in [3.63, 3.8) is 0 Å². The Bertz CT molecular complexity index is 49.2. The molecular weight excluding hydrogens is 142 g/mol. The molecule has 0 radical (unpaired) electrons. The van der Waals surface area contributed by atoms with E-state index in [4.69, 9.17) is 0 Å². The monoisotopic (exact) mass is 161 g/mol. The fourth-order valence-corrected chi connectivity index (χ4v) is 1.38. The quantitative estimate of drug-likeness (QED) is 0.574. The van der Waals surface area contributed by atoms with E-state index in [-0.39, 0.29) is 0 Å². The largest absolute Gasteiger partial charge is 0.317 e. The lowest BCUT2D eigenvalue weighted by molar-refractivity contribution is 0.664. The lowest BCUT2D eigenvalue weighted by Gasteiger charge is -2.00. The van der Waals surface area contributed by atoms with Crippen LogP contribution in [0, 0.1) is 0 Å². The first kappa shape index (κ1) is 10.3. The Labute approximate surface area is 69.0 Å². The van der Waals surface area contributed by atoms with Crippen LogP contribution >= 0.6 is 11.8 Å². The van der Waals surface area contributed by atoms with Crippen LogP contribution in [0.4, 0.5) is 0 Å². The van der Waals surface area contributed by atoms with Gasteiger partial charge in [0.15, 0.2) is 0 Å². The van der Waals surface area contributed by atoms with Crippen LogP contribution in [0.2, 0.25) is 0 Å². The standard InChI is InChI=1S/C8H19NS/c1-3-6-9-7-5-8-10-4-2/h9H,3-8H2,1-2H3. The second-order valence-corrected chi connectivity index (χ2v) is 3.69. The minimum Gasteiger partial charge on any atom is -0.317 e. The van der Waals surface area contributed by atoms with E-state index in [0.717, 1.165) is 0 Å². The summed E-state index contributed by atoms with van der Waals surface area (Å²) < 4.78 is 0. The Kier molecular flexibility index (Phi) is 9.60. The molecule has 0 aromatic heterocycles. The maximum Gasteiger partial charge on any atom is -0.00411 e. The van der Waals surface area contributed by atoms with Crippen molar-refractivity contribution in [3.8, 4) is 0 Å². The molecule has 1 N–H and O–H groups in total. The van der Waals surface area contributed by atoms with Crippen molar-refractivity contribution in [1.82, 2.24) is 5.32 Å². The molecule has 0 fully saturated rings. The van der Waals surface area contributed by atoms with Crippen LogP contribution in [0.3, 0.4) is 0 Å². The number of hydrogen-bond acceptors (Lipinski definition) is 2. The lowest BCUT2D eigenvalue weighted by atomic mass is 10.4. The van der Waals surface area contributed by atoms with Crippen LogP contribution in [-0.2, 0) is 0 Å². The summed E-state index contributed by atoms with van der Waals surface area (Å²) in [6, 6.07) is 0. The Balaban J connectivity index is 2.65. The maximum absolute atomic E-state index is 3.38. The summed E-state index contributed by atoms with van der Waals surface area (Å²) in [4.78, 5) is 0. The third-order valence-electron chi connectivity index (χ3n) is 1.27. The van der Waals surface area contributed by atoms with Gasteiger partial charge in [0.1, 0.15) is 0 Å². The van der Waals surface area contributed by atoms with Gasteiger partial charge in [-0.05, 0) is 37.4 Å². The molecule has 1 nitrogen and oxygen atoms in total. The smallest absolute Gasteiger partial charge is 0.00411 e. The number of nitrogens with one attached hydrogen (secondary N) is 1. The SMILES string of the molecule is CCCNCCCSCC. The lowest BCUT2D eigenvalue weighted by Crippen LogP contribution is -2.16. The van der Waals surface area contributed by atoms with E-state index >= 15 is 0 Å². The first-order valence-electron chi connectivity index (χ1n) is 4.20. The van der Waals surface area contributed by atoms with Crippen molar-refractivity contribution in [1.29, 1.82) is 0 Å². The van der Waals surface area contributed by atoms with Gasteiger partial charge in [-0.25, -0.2) is 0 Å². The molecule has 0 heterocycles. The molecule has 0 aliphatic rings. The van der Waals surface area contributed by atoms with Crippen molar-refractivity contribution in [2.75, 3.05) is 24.6 Å². The van der Waals surface area contributed by atoms with Gasteiger partial charge in [0.2, 0.25) is 0 Å². The molecule has 62 valence electrons. The van der Waals surface area contributed by atoms with Crippen molar-refractivity contribution < 1.29 is 0 Å². The first-order valence-corrected chi connectivity index (χ1v) is 5.35. The summed E-state index contributed by atoms with van der Waals surface area (Å²) in [7, 11) is 0. The molecule has 0 aliphatic carbocycles. The van der Waals surface area contributed by atoms with Crippen molar-refractivity contribution in [2.24, 2.45) is 0 Å². The van der Waals surface area contributed by atoms with Gasteiger partial charge in [0.05, 0.1) is 0 Å². The highest BCUT2D eigenvalue weighted by molar-refractivity contribution is 7.99. The van der Waals surface area contributed by atoms with Crippen molar-refractivity contribution in [2.45, 2.75) is 26.7 Å². The summed E-state index contributed by atoms with van der Waals surface area (Å²) >= 11 is 2.03. The molecule has 0 unspecified atom stereocenters. The van der Waals surface area contributed by atoms with Crippen LogP contribution < -0.4 is 5.32 Å². The third kappa shape index (κ3) is 8.31. The van der Waals surface area contributed by atoms with Crippen LogP contribution in [0.5, 0.6) is 0 Å². The summed E-state index contributed by atoms with van der Waals surface area (Å²) in [5.41, 5.74) is 0. The van der Waals surface area contributed by atoms with Crippen LogP contribution in [0.1, 0.15) is 26.7 Å². The van der Waals surface area contributed by atoms with E-state index in [2.05, 4.69) is 19.2 Å². The van der Waals surface area contributed by atoms with E-state index < -0.39 is 0 Å². The second kappa shape index (κ2) is 9.31. The van der Waals surface area contributed by atoms with Gasteiger partial charge in [-0.3, -0.25) is 0 Å². The molecule has 0 bridgehead atoms. The highest BCUT2D eigenvalue weighted by atomic mass is 32.2. The van der Waals surface area contributed by atoms with E-state index in [1.165, 1.54) is 37.4 Å². The highest BCUT2D eigenvalue weighted by Crippen LogP contribution is 1.99. The number of thioether (sulfide) groups is 1. The van der Waals surface area contributed by atoms with Gasteiger partial charge in [0, 0.05) is 0 Å². The molecule has 0 amide bonds. The molecular formula is C8H19NS. The molecule has 0 saturated carbocycles.